The van der Waals surface area contributed by atoms with Gasteiger partial charge in [0.05, 0.1) is 5.84 Å². The number of hydrogen-bond donors (Lipinski definition) is 2. The van der Waals surface area contributed by atoms with Gasteiger partial charge in [0.2, 0.25) is 0 Å². The SMILES string of the molecule is CC(C)(CCN1CCN(c2cccc(Cl)c2)CC1)C(=N)N. The van der Waals surface area contributed by atoms with Crippen LogP contribution in [0.1, 0.15) is 20.3 Å². The molecule has 1 fully saturated rings. The zero-order chi connectivity index (χ0) is 15.5. The first-order chi connectivity index (χ1) is 9.88. The Labute approximate surface area is 132 Å². The lowest BCUT2D eigenvalue weighted by atomic mass is 9.88. The van der Waals surface area contributed by atoms with Gasteiger partial charge in [0.1, 0.15) is 0 Å². The number of amidine groups is 1. The standard InChI is InChI=1S/C16H25ClN4/c1-16(2,15(18)19)6-7-20-8-10-21(11-9-20)14-5-3-4-13(17)12-14/h3-5,12H,6-11H2,1-2H3,(H3,18,19). The zero-order valence-corrected chi connectivity index (χ0v) is 13.7. The largest absolute Gasteiger partial charge is 0.387 e. The fourth-order valence-electron chi connectivity index (χ4n) is 2.47. The number of hydrogen-bond acceptors (Lipinski definition) is 3. The van der Waals surface area contributed by atoms with E-state index in [1.807, 2.05) is 32.0 Å². The Morgan fingerprint density at radius 2 is 1.95 bits per heavy atom. The maximum absolute atomic E-state index is 7.62. The quantitative estimate of drug-likeness (QED) is 0.649. The van der Waals surface area contributed by atoms with E-state index >= 15 is 0 Å². The minimum Gasteiger partial charge on any atom is -0.387 e. The van der Waals surface area contributed by atoms with E-state index in [2.05, 4.69) is 15.9 Å². The first-order valence-corrected chi connectivity index (χ1v) is 7.84. The first-order valence-electron chi connectivity index (χ1n) is 7.46. The molecule has 3 N–H and O–H groups in total. The number of nitrogens with one attached hydrogen (secondary N) is 1. The van der Waals surface area contributed by atoms with Crippen molar-refractivity contribution in [1.82, 2.24) is 4.90 Å². The summed E-state index contributed by atoms with van der Waals surface area (Å²) in [6.45, 7) is 9.19. The molecular formula is C16H25ClN4. The van der Waals surface area contributed by atoms with Crippen molar-refractivity contribution in [1.29, 1.82) is 5.41 Å². The smallest absolute Gasteiger partial charge is 0.0963 e. The van der Waals surface area contributed by atoms with Crippen LogP contribution < -0.4 is 10.6 Å². The predicted octanol–water partition coefficient (Wildman–Crippen LogP) is 2.81. The number of nitrogens with two attached hydrogens (primary N) is 1. The maximum atomic E-state index is 7.62. The topological polar surface area (TPSA) is 56.4 Å². The summed E-state index contributed by atoms with van der Waals surface area (Å²) < 4.78 is 0. The summed E-state index contributed by atoms with van der Waals surface area (Å²) in [5, 5.41) is 8.41. The highest BCUT2D eigenvalue weighted by Crippen LogP contribution is 2.23. The molecule has 1 heterocycles. The van der Waals surface area contributed by atoms with Gasteiger partial charge in [0.15, 0.2) is 0 Å². The van der Waals surface area contributed by atoms with Crippen LogP contribution in [0.25, 0.3) is 0 Å². The van der Waals surface area contributed by atoms with Crippen LogP contribution in [0.5, 0.6) is 0 Å². The second-order valence-corrected chi connectivity index (χ2v) is 6.79. The van der Waals surface area contributed by atoms with Gasteiger partial charge in [0, 0.05) is 42.3 Å². The minimum atomic E-state index is -0.204. The number of piperazine rings is 1. The molecule has 0 spiro atoms. The molecule has 1 saturated heterocycles. The first kappa shape index (κ1) is 16.1. The third-order valence-electron chi connectivity index (χ3n) is 4.33. The Bertz CT molecular complexity index is 493. The predicted molar refractivity (Wildman–Crippen MR) is 90.4 cm³/mol. The summed E-state index contributed by atoms with van der Waals surface area (Å²) in [5.74, 6) is 0.278. The van der Waals surface area contributed by atoms with Crippen molar-refractivity contribution in [3.63, 3.8) is 0 Å². The van der Waals surface area contributed by atoms with E-state index in [1.165, 1.54) is 5.69 Å². The molecule has 0 amide bonds. The lowest BCUT2D eigenvalue weighted by Crippen LogP contribution is -2.47. The fraction of sp³-hybridized carbons (Fsp3) is 0.562. The van der Waals surface area contributed by atoms with Crippen molar-refractivity contribution in [3.8, 4) is 0 Å². The number of nitrogens with zero attached hydrogens (tertiary/aromatic N) is 2. The molecule has 1 aromatic rings. The minimum absolute atomic E-state index is 0.204. The number of benzene rings is 1. The van der Waals surface area contributed by atoms with Gasteiger partial charge in [-0.05, 0) is 31.2 Å². The van der Waals surface area contributed by atoms with Crippen molar-refractivity contribution < 1.29 is 0 Å². The lowest BCUT2D eigenvalue weighted by Gasteiger charge is -2.37. The van der Waals surface area contributed by atoms with Crippen molar-refractivity contribution in [2.45, 2.75) is 20.3 Å². The van der Waals surface area contributed by atoms with Gasteiger partial charge >= 0.3 is 0 Å². The molecule has 1 aliphatic rings. The molecule has 4 nitrogen and oxygen atoms in total. The van der Waals surface area contributed by atoms with Gasteiger partial charge in [0.25, 0.3) is 0 Å². The van der Waals surface area contributed by atoms with Crippen LogP contribution in [0.3, 0.4) is 0 Å². The van der Waals surface area contributed by atoms with Crippen molar-refractivity contribution >= 4 is 23.1 Å². The summed E-state index contributed by atoms with van der Waals surface area (Å²) in [7, 11) is 0. The zero-order valence-electron chi connectivity index (χ0n) is 12.9. The van der Waals surface area contributed by atoms with Gasteiger partial charge < -0.3 is 10.6 Å². The average Bonchev–Trinajstić information content (AvgIpc) is 2.45. The normalized spacial score (nSPS) is 17.0. The van der Waals surface area contributed by atoms with Crippen molar-refractivity contribution in [2.75, 3.05) is 37.6 Å². The van der Waals surface area contributed by atoms with Crippen LogP contribution in [0, 0.1) is 10.8 Å². The molecule has 0 atom stereocenters. The van der Waals surface area contributed by atoms with Crippen LogP contribution >= 0.6 is 11.6 Å². The average molecular weight is 309 g/mol. The summed E-state index contributed by atoms with van der Waals surface area (Å²) in [5.41, 5.74) is 6.64. The van der Waals surface area contributed by atoms with Crippen LogP contribution in [0.4, 0.5) is 5.69 Å². The molecule has 0 bridgehead atoms. The van der Waals surface area contributed by atoms with Crippen LogP contribution in [-0.4, -0.2) is 43.5 Å². The highest BCUT2D eigenvalue weighted by atomic mass is 35.5. The third kappa shape index (κ3) is 4.35. The summed E-state index contributed by atoms with van der Waals surface area (Å²) >= 11 is 6.05. The molecule has 0 aromatic heterocycles. The molecule has 1 aliphatic heterocycles. The number of anilines is 1. The Kier molecular flexibility index (Phi) is 5.12. The monoisotopic (exact) mass is 308 g/mol. The van der Waals surface area contributed by atoms with Crippen LogP contribution in [0.15, 0.2) is 24.3 Å². The lowest BCUT2D eigenvalue weighted by molar-refractivity contribution is 0.232. The molecule has 0 unspecified atom stereocenters. The van der Waals surface area contributed by atoms with E-state index < -0.39 is 0 Å². The maximum Gasteiger partial charge on any atom is 0.0963 e. The molecule has 0 aliphatic carbocycles. The second kappa shape index (κ2) is 6.67. The molecule has 1 aromatic carbocycles. The van der Waals surface area contributed by atoms with Crippen LogP contribution in [0.2, 0.25) is 5.02 Å². The van der Waals surface area contributed by atoms with Crippen LogP contribution in [-0.2, 0) is 0 Å². The number of halogens is 1. The molecule has 116 valence electrons. The summed E-state index contributed by atoms with van der Waals surface area (Å²) in [6.07, 6.45) is 0.930. The van der Waals surface area contributed by atoms with E-state index in [4.69, 9.17) is 22.7 Å². The Hall–Kier alpha value is -1.26. The van der Waals surface area contributed by atoms with E-state index in [9.17, 15) is 0 Å². The van der Waals surface area contributed by atoms with Gasteiger partial charge in [-0.15, -0.1) is 0 Å². The fourth-order valence-corrected chi connectivity index (χ4v) is 2.66. The molecule has 2 rings (SSSR count). The highest BCUT2D eigenvalue weighted by Gasteiger charge is 2.24. The Morgan fingerprint density at radius 1 is 1.29 bits per heavy atom. The van der Waals surface area contributed by atoms with Gasteiger partial charge in [-0.1, -0.05) is 31.5 Å². The summed E-state index contributed by atoms with van der Waals surface area (Å²) in [6, 6.07) is 8.04. The van der Waals surface area contributed by atoms with E-state index in [1.54, 1.807) is 0 Å². The Morgan fingerprint density at radius 3 is 2.52 bits per heavy atom. The summed E-state index contributed by atoms with van der Waals surface area (Å²) in [4.78, 5) is 4.82. The van der Waals surface area contributed by atoms with Gasteiger partial charge in [-0.2, -0.15) is 0 Å². The molecular weight excluding hydrogens is 284 g/mol. The number of rotatable bonds is 5. The molecule has 0 radical (unpaired) electrons. The highest BCUT2D eigenvalue weighted by molar-refractivity contribution is 6.30. The Balaban J connectivity index is 1.82. The van der Waals surface area contributed by atoms with E-state index in [0.717, 1.165) is 44.2 Å². The third-order valence-corrected chi connectivity index (χ3v) is 4.56. The van der Waals surface area contributed by atoms with Gasteiger partial charge in [-0.25, -0.2) is 0 Å². The van der Waals surface area contributed by atoms with Gasteiger partial charge in [-0.3, -0.25) is 10.3 Å². The van der Waals surface area contributed by atoms with E-state index in [-0.39, 0.29) is 11.3 Å². The second-order valence-electron chi connectivity index (χ2n) is 6.36. The van der Waals surface area contributed by atoms with E-state index in [0.29, 0.717) is 0 Å². The molecule has 5 heteroatoms. The molecule has 21 heavy (non-hydrogen) atoms. The van der Waals surface area contributed by atoms with Crippen molar-refractivity contribution in [3.05, 3.63) is 29.3 Å². The molecule has 0 saturated carbocycles. The van der Waals surface area contributed by atoms with Crippen molar-refractivity contribution in [2.24, 2.45) is 11.1 Å².